The molecule has 0 saturated carbocycles. The Labute approximate surface area is 209 Å². The van der Waals surface area contributed by atoms with E-state index in [1.165, 1.54) is 72.8 Å². The van der Waals surface area contributed by atoms with Crippen LogP contribution in [-0.2, 0) is 19.7 Å². The number of carbonyl (C=O) groups is 1. The summed E-state index contributed by atoms with van der Waals surface area (Å²) in [7, 11) is -7.69. The minimum absolute atomic E-state index is 0.0227. The van der Waals surface area contributed by atoms with Crippen molar-refractivity contribution in [1.29, 1.82) is 0 Å². The normalized spacial score (nSPS) is 11.8. The molecule has 0 aliphatic rings. The Morgan fingerprint density at radius 3 is 1.79 bits per heavy atom. The summed E-state index contributed by atoms with van der Waals surface area (Å²) < 4.78 is 56.9. The van der Waals surface area contributed by atoms with Crippen molar-refractivity contribution in [2.75, 3.05) is 5.32 Å². The standard InChI is InChI=1S/C23H15BrClNO6S2/c24-15-1-7-20(8-2-15)34(30,31)22-14-13-21(32-22)23(27)26-17-5-11-19(12-6-17)33(28,29)18-9-3-16(25)4-10-18/h1-14H,(H,26,27). The van der Waals surface area contributed by atoms with Gasteiger partial charge in [-0.2, -0.15) is 0 Å². The molecule has 174 valence electrons. The van der Waals surface area contributed by atoms with Gasteiger partial charge < -0.3 is 9.73 Å². The van der Waals surface area contributed by atoms with Crippen molar-refractivity contribution in [2.24, 2.45) is 0 Å². The topological polar surface area (TPSA) is 111 Å². The van der Waals surface area contributed by atoms with Gasteiger partial charge in [-0.3, -0.25) is 4.79 Å². The lowest BCUT2D eigenvalue weighted by atomic mass is 10.3. The van der Waals surface area contributed by atoms with Crippen LogP contribution in [0.1, 0.15) is 10.6 Å². The van der Waals surface area contributed by atoms with E-state index in [0.717, 1.165) is 4.47 Å². The van der Waals surface area contributed by atoms with E-state index in [0.29, 0.717) is 10.7 Å². The number of furan rings is 1. The van der Waals surface area contributed by atoms with Crippen LogP contribution >= 0.6 is 27.5 Å². The number of halogens is 2. The van der Waals surface area contributed by atoms with Gasteiger partial charge in [0.15, 0.2) is 5.76 Å². The number of benzene rings is 3. The Morgan fingerprint density at radius 2 is 1.21 bits per heavy atom. The monoisotopic (exact) mass is 579 g/mol. The second kappa shape index (κ2) is 9.38. The van der Waals surface area contributed by atoms with E-state index in [4.69, 9.17) is 16.0 Å². The molecule has 0 bridgehead atoms. The summed E-state index contributed by atoms with van der Waals surface area (Å²) in [6, 6.07) is 19.8. The van der Waals surface area contributed by atoms with Crippen molar-refractivity contribution in [3.05, 3.63) is 100 Å². The highest BCUT2D eigenvalue weighted by Gasteiger charge is 2.24. The highest BCUT2D eigenvalue weighted by Crippen LogP contribution is 2.26. The van der Waals surface area contributed by atoms with E-state index in [2.05, 4.69) is 21.2 Å². The van der Waals surface area contributed by atoms with Gasteiger partial charge in [-0.15, -0.1) is 0 Å². The molecule has 3 aromatic carbocycles. The fourth-order valence-electron chi connectivity index (χ4n) is 2.98. The van der Waals surface area contributed by atoms with Gasteiger partial charge in [0.25, 0.3) is 5.91 Å². The SMILES string of the molecule is O=C(Nc1ccc(S(=O)(=O)c2ccc(Cl)cc2)cc1)c1ccc(S(=O)(=O)c2ccc(Br)cc2)o1. The third-order valence-corrected chi connectivity index (χ3v) is 8.95. The maximum Gasteiger partial charge on any atom is 0.291 e. The zero-order chi connectivity index (χ0) is 24.5. The van der Waals surface area contributed by atoms with E-state index in [-0.39, 0.29) is 25.5 Å². The van der Waals surface area contributed by atoms with Crippen molar-refractivity contribution >= 4 is 58.8 Å². The molecule has 1 amide bonds. The van der Waals surface area contributed by atoms with Crippen LogP contribution in [0.5, 0.6) is 0 Å². The number of anilines is 1. The second-order valence-corrected chi connectivity index (χ2v) is 12.2. The summed E-state index contributed by atoms with van der Waals surface area (Å²) in [4.78, 5) is 12.7. The Kier molecular flexibility index (Phi) is 6.68. The maximum atomic E-state index is 12.7. The molecular weight excluding hydrogens is 566 g/mol. The largest absolute Gasteiger partial charge is 0.439 e. The van der Waals surface area contributed by atoms with Gasteiger partial charge in [0, 0.05) is 15.2 Å². The van der Waals surface area contributed by atoms with Gasteiger partial charge in [-0.05, 0) is 84.9 Å². The Balaban J connectivity index is 1.50. The van der Waals surface area contributed by atoms with Gasteiger partial charge in [0.05, 0.1) is 14.7 Å². The summed E-state index contributed by atoms with van der Waals surface area (Å²) in [5.74, 6) is -0.904. The van der Waals surface area contributed by atoms with Crippen LogP contribution in [0.2, 0.25) is 5.02 Å². The zero-order valence-corrected chi connectivity index (χ0v) is 21.1. The van der Waals surface area contributed by atoms with Crippen molar-refractivity contribution in [3.8, 4) is 0 Å². The van der Waals surface area contributed by atoms with Crippen LogP contribution in [0.3, 0.4) is 0 Å². The lowest BCUT2D eigenvalue weighted by Crippen LogP contribution is -2.11. The highest BCUT2D eigenvalue weighted by atomic mass is 79.9. The molecule has 0 aliphatic carbocycles. The first kappa shape index (κ1) is 24.2. The Bertz CT molecular complexity index is 1560. The average Bonchev–Trinajstić information content (AvgIpc) is 3.32. The van der Waals surface area contributed by atoms with Gasteiger partial charge in [-0.25, -0.2) is 16.8 Å². The lowest BCUT2D eigenvalue weighted by Gasteiger charge is -2.07. The van der Waals surface area contributed by atoms with Crippen LogP contribution in [0.15, 0.2) is 114 Å². The Hall–Kier alpha value is -2.92. The number of hydrogen-bond acceptors (Lipinski definition) is 6. The van der Waals surface area contributed by atoms with E-state index in [1.54, 1.807) is 12.1 Å². The molecule has 0 atom stereocenters. The van der Waals surface area contributed by atoms with Gasteiger partial charge in [0.1, 0.15) is 0 Å². The molecule has 0 unspecified atom stereocenters. The first-order chi connectivity index (χ1) is 16.1. The summed E-state index contributed by atoms with van der Waals surface area (Å²) >= 11 is 9.06. The smallest absolute Gasteiger partial charge is 0.291 e. The van der Waals surface area contributed by atoms with Gasteiger partial charge >= 0.3 is 0 Å². The summed E-state index contributed by atoms with van der Waals surface area (Å²) in [5.41, 5.74) is 0.300. The first-order valence-electron chi connectivity index (χ1n) is 9.60. The molecule has 1 aromatic heterocycles. The summed E-state index contributed by atoms with van der Waals surface area (Å²) in [6.07, 6.45) is 0. The fraction of sp³-hybridized carbons (Fsp3) is 0. The van der Waals surface area contributed by atoms with Crippen molar-refractivity contribution < 1.29 is 26.0 Å². The summed E-state index contributed by atoms with van der Waals surface area (Å²) in [6.45, 7) is 0. The fourth-order valence-corrected chi connectivity index (χ4v) is 5.80. The molecule has 0 radical (unpaired) electrons. The molecular formula is C23H15BrClNO6S2. The van der Waals surface area contributed by atoms with Crippen molar-refractivity contribution in [3.63, 3.8) is 0 Å². The van der Waals surface area contributed by atoms with Crippen molar-refractivity contribution in [1.82, 2.24) is 0 Å². The van der Waals surface area contributed by atoms with Crippen LogP contribution in [0, 0.1) is 0 Å². The molecule has 11 heteroatoms. The maximum absolute atomic E-state index is 12.7. The molecule has 0 aliphatic heterocycles. The Morgan fingerprint density at radius 1 is 0.706 bits per heavy atom. The van der Waals surface area contributed by atoms with Crippen LogP contribution in [-0.4, -0.2) is 22.7 Å². The predicted molar refractivity (Wildman–Crippen MR) is 130 cm³/mol. The minimum atomic E-state index is -3.93. The number of hydrogen-bond donors (Lipinski definition) is 1. The van der Waals surface area contributed by atoms with Crippen LogP contribution < -0.4 is 5.32 Å². The molecule has 0 fully saturated rings. The number of amides is 1. The predicted octanol–water partition coefficient (Wildman–Crippen LogP) is 5.61. The summed E-state index contributed by atoms with van der Waals surface area (Å²) in [5, 5.41) is 2.60. The van der Waals surface area contributed by atoms with E-state index < -0.39 is 25.6 Å². The lowest BCUT2D eigenvalue weighted by molar-refractivity contribution is 0.0991. The molecule has 0 spiro atoms. The minimum Gasteiger partial charge on any atom is -0.439 e. The first-order valence-corrected chi connectivity index (χ1v) is 13.7. The average molecular weight is 581 g/mol. The zero-order valence-electron chi connectivity index (χ0n) is 17.1. The third-order valence-electron chi connectivity index (χ3n) is 4.74. The molecule has 1 heterocycles. The third kappa shape index (κ3) is 4.95. The number of carbonyl (C=O) groups excluding carboxylic acids is 1. The number of nitrogens with one attached hydrogen (secondary N) is 1. The van der Waals surface area contributed by atoms with E-state index in [9.17, 15) is 21.6 Å². The van der Waals surface area contributed by atoms with Crippen LogP contribution in [0.25, 0.3) is 0 Å². The molecule has 7 nitrogen and oxygen atoms in total. The molecule has 34 heavy (non-hydrogen) atoms. The number of rotatable bonds is 6. The molecule has 0 saturated heterocycles. The molecule has 4 aromatic rings. The number of sulfone groups is 2. The molecule has 4 rings (SSSR count). The van der Waals surface area contributed by atoms with E-state index >= 15 is 0 Å². The van der Waals surface area contributed by atoms with Crippen molar-refractivity contribution in [2.45, 2.75) is 19.8 Å². The quantitative estimate of drug-likeness (QED) is 0.317. The second-order valence-electron chi connectivity index (χ2n) is 7.01. The van der Waals surface area contributed by atoms with Crippen LogP contribution in [0.4, 0.5) is 5.69 Å². The highest BCUT2D eigenvalue weighted by molar-refractivity contribution is 9.10. The molecule has 1 N–H and O–H groups in total. The van der Waals surface area contributed by atoms with Gasteiger partial charge in [0.2, 0.25) is 24.8 Å². The van der Waals surface area contributed by atoms with E-state index in [1.807, 2.05) is 0 Å². The van der Waals surface area contributed by atoms with Gasteiger partial charge in [-0.1, -0.05) is 27.5 Å².